The van der Waals surface area contributed by atoms with E-state index in [9.17, 15) is 28.2 Å². The monoisotopic (exact) mass is 554 g/mol. The summed E-state index contributed by atoms with van der Waals surface area (Å²) in [7, 11) is -2.57. The fourth-order valence-corrected chi connectivity index (χ4v) is 5.25. The number of aliphatic hydroxyl groups is 1. The van der Waals surface area contributed by atoms with E-state index in [2.05, 4.69) is 14.2 Å². The van der Waals surface area contributed by atoms with Crippen LogP contribution in [0, 0.1) is 0 Å². The number of hydrogen-bond donors (Lipinski definition) is 3. The summed E-state index contributed by atoms with van der Waals surface area (Å²) in [6.45, 7) is 6.40. The van der Waals surface area contributed by atoms with Crippen LogP contribution in [0.15, 0.2) is 52.9 Å². The number of aryl methyl sites for hydroxylation is 1. The van der Waals surface area contributed by atoms with Gasteiger partial charge in [-0.2, -0.15) is 8.42 Å². The minimum absolute atomic E-state index is 0.176. The first kappa shape index (κ1) is 28.5. The molecule has 1 saturated heterocycles. The molecule has 4 rings (SSSR count). The predicted molar refractivity (Wildman–Crippen MR) is 148 cm³/mol. The average molecular weight is 555 g/mol. The van der Waals surface area contributed by atoms with Gasteiger partial charge in [0.25, 0.3) is 0 Å². The van der Waals surface area contributed by atoms with Crippen molar-refractivity contribution in [2.45, 2.75) is 57.7 Å². The van der Waals surface area contributed by atoms with Crippen molar-refractivity contribution in [1.29, 1.82) is 0 Å². The maximum absolute atomic E-state index is 12.1. The van der Waals surface area contributed by atoms with Crippen molar-refractivity contribution in [2.24, 2.45) is 4.36 Å². The molecule has 2 aromatic carbocycles. The normalized spacial score (nSPS) is 14.6. The van der Waals surface area contributed by atoms with Crippen LogP contribution in [0.4, 0.5) is 5.69 Å². The van der Waals surface area contributed by atoms with Crippen molar-refractivity contribution in [3.8, 4) is 0 Å². The molecule has 2 heterocycles. The number of β-amino-alcohol motifs (C(OH)–C–C–N with tert-alkyl or cyclic N) is 1. The van der Waals surface area contributed by atoms with Crippen LogP contribution in [-0.2, 0) is 28.3 Å². The number of fused-ring (bicyclic) bond motifs is 1. The van der Waals surface area contributed by atoms with Crippen LogP contribution in [0.3, 0.4) is 0 Å². The summed E-state index contributed by atoms with van der Waals surface area (Å²) in [5.74, 6) is -0.798. The van der Waals surface area contributed by atoms with Gasteiger partial charge in [-0.25, -0.2) is 4.79 Å². The molecule has 208 valence electrons. The first-order chi connectivity index (χ1) is 18.5. The highest BCUT2D eigenvalue weighted by molar-refractivity contribution is 7.61. The number of aromatic nitrogens is 1. The molecular weight excluding hydrogens is 520 g/mol. The highest BCUT2D eigenvalue weighted by Crippen LogP contribution is 2.25. The lowest BCUT2D eigenvalue weighted by atomic mass is 9.99. The number of benzene rings is 2. The van der Waals surface area contributed by atoms with E-state index >= 15 is 0 Å². The topological polar surface area (TPSA) is 141 Å². The minimum Gasteiger partial charge on any atom is -0.478 e. The summed E-state index contributed by atoms with van der Waals surface area (Å²) in [6.07, 6.45) is 2.01. The van der Waals surface area contributed by atoms with E-state index in [1.54, 1.807) is 36.4 Å². The first-order valence-electron chi connectivity index (χ1n) is 13.0. The van der Waals surface area contributed by atoms with E-state index in [0.29, 0.717) is 37.9 Å². The fraction of sp³-hybridized carbons (Fsp3) is 0.429. The van der Waals surface area contributed by atoms with Gasteiger partial charge in [-0.15, -0.1) is 4.36 Å². The van der Waals surface area contributed by atoms with Gasteiger partial charge in [0.05, 0.1) is 17.4 Å². The molecule has 1 atom stereocenters. The van der Waals surface area contributed by atoms with E-state index in [0.717, 1.165) is 29.6 Å². The highest BCUT2D eigenvalue weighted by atomic mass is 32.2. The third kappa shape index (κ3) is 7.31. The molecule has 3 aromatic rings. The molecule has 39 heavy (non-hydrogen) atoms. The van der Waals surface area contributed by atoms with Crippen molar-refractivity contribution in [1.82, 2.24) is 14.8 Å². The molecule has 1 unspecified atom stereocenters. The first-order valence-corrected chi connectivity index (χ1v) is 14.0. The van der Waals surface area contributed by atoms with Gasteiger partial charge in [0.15, 0.2) is 0 Å². The molecule has 3 N–H and O–H groups in total. The number of nitrogens with zero attached hydrogens (tertiary/aromatic N) is 3. The second-order valence-electron chi connectivity index (χ2n) is 10.5. The Kier molecular flexibility index (Phi) is 8.83. The molecule has 0 bridgehead atoms. The molecular formula is C28H34N4O6S. The zero-order valence-electron chi connectivity index (χ0n) is 22.1. The Morgan fingerprint density at radius 2 is 1.95 bits per heavy atom. The summed E-state index contributed by atoms with van der Waals surface area (Å²) in [6, 6.07) is 13.6. The van der Waals surface area contributed by atoms with E-state index in [1.807, 2.05) is 30.9 Å². The Hall–Kier alpha value is -3.54. The smallest absolute Gasteiger partial charge is 0.335 e. The molecule has 0 saturated carbocycles. The number of carbonyl (C=O) groups is 2. The summed E-state index contributed by atoms with van der Waals surface area (Å²) in [5.41, 5.74) is 2.67. The third-order valence-corrected chi connectivity index (χ3v) is 7.57. The maximum atomic E-state index is 12.1. The summed E-state index contributed by atoms with van der Waals surface area (Å²) < 4.78 is 27.4. The number of carboxylic acids is 1. The zero-order chi connectivity index (χ0) is 28.2. The predicted octanol–water partition coefficient (Wildman–Crippen LogP) is 3.69. The molecule has 1 aliphatic rings. The number of rotatable bonds is 12. The molecule has 1 fully saturated rings. The number of likely N-dealkylation sites (tertiary alicyclic amines) is 1. The Balaban J connectivity index is 1.47. The second-order valence-corrected chi connectivity index (χ2v) is 11.2. The quantitative estimate of drug-likeness (QED) is 0.310. The van der Waals surface area contributed by atoms with E-state index in [4.69, 9.17) is 0 Å². The van der Waals surface area contributed by atoms with Crippen LogP contribution in [-0.4, -0.2) is 65.1 Å². The average Bonchev–Trinajstić information content (AvgIpc) is 3.46. The van der Waals surface area contributed by atoms with Crippen molar-refractivity contribution in [3.05, 3.63) is 65.4 Å². The molecule has 1 aromatic heterocycles. The number of amides is 1. The Morgan fingerprint density at radius 1 is 1.15 bits per heavy atom. The number of aromatic carboxylic acids is 1. The van der Waals surface area contributed by atoms with Crippen molar-refractivity contribution in [3.63, 3.8) is 0 Å². The van der Waals surface area contributed by atoms with Crippen LogP contribution in [0.5, 0.6) is 0 Å². The van der Waals surface area contributed by atoms with Gasteiger partial charge >= 0.3 is 16.5 Å². The number of nitrogens with one attached hydrogen (secondary N) is 1. The molecule has 0 aliphatic carbocycles. The van der Waals surface area contributed by atoms with Gasteiger partial charge in [-0.3, -0.25) is 4.79 Å². The minimum atomic E-state index is -2.57. The van der Waals surface area contributed by atoms with E-state index in [1.165, 1.54) is 0 Å². The molecule has 0 radical (unpaired) electrons. The fourth-order valence-electron chi connectivity index (χ4n) is 4.97. The van der Waals surface area contributed by atoms with Gasteiger partial charge in [-0.05, 0) is 68.7 Å². The van der Waals surface area contributed by atoms with Gasteiger partial charge in [0, 0.05) is 61.2 Å². The molecule has 1 aliphatic heterocycles. The molecule has 0 spiro atoms. The maximum Gasteiger partial charge on any atom is 0.335 e. The number of aliphatic hydroxyl groups excluding tert-OH is 1. The third-order valence-electron chi connectivity index (χ3n) is 7.21. The van der Waals surface area contributed by atoms with Crippen molar-refractivity contribution >= 4 is 39.0 Å². The Labute approximate surface area is 229 Å². The van der Waals surface area contributed by atoms with Gasteiger partial charge in [0.2, 0.25) is 5.91 Å². The number of hydrogen-bond acceptors (Lipinski definition) is 7. The van der Waals surface area contributed by atoms with Crippen LogP contribution in [0.2, 0.25) is 0 Å². The lowest BCUT2D eigenvalue weighted by Crippen LogP contribution is -2.42. The van der Waals surface area contributed by atoms with Crippen LogP contribution < -0.4 is 5.32 Å². The van der Waals surface area contributed by atoms with Crippen LogP contribution in [0.25, 0.3) is 10.9 Å². The highest BCUT2D eigenvalue weighted by Gasteiger charge is 2.23. The van der Waals surface area contributed by atoms with Crippen LogP contribution >= 0.6 is 0 Å². The van der Waals surface area contributed by atoms with Crippen molar-refractivity contribution < 1.29 is 28.2 Å². The molecule has 1 amide bonds. The van der Waals surface area contributed by atoms with E-state index in [-0.39, 0.29) is 29.2 Å². The van der Waals surface area contributed by atoms with Gasteiger partial charge < -0.3 is 25.0 Å². The largest absolute Gasteiger partial charge is 0.478 e. The molecule has 10 nitrogen and oxygen atoms in total. The SMILES string of the molecule is CC(C)(CCn1c(CCN2CCCC2=O)cc2cc(C(=O)O)ccc21)NCC(O)c1cccc(N=S(=O)=O)c1. The summed E-state index contributed by atoms with van der Waals surface area (Å²) >= 11 is 0. The summed E-state index contributed by atoms with van der Waals surface area (Å²) in [5, 5.41) is 24.4. The molecule has 11 heteroatoms. The summed E-state index contributed by atoms with van der Waals surface area (Å²) in [4.78, 5) is 25.5. The Morgan fingerprint density at radius 3 is 2.64 bits per heavy atom. The van der Waals surface area contributed by atoms with Crippen molar-refractivity contribution in [2.75, 3.05) is 19.6 Å². The number of carboxylic acid groups (broad SMARTS) is 1. The van der Waals surface area contributed by atoms with E-state index < -0.39 is 22.6 Å². The zero-order valence-corrected chi connectivity index (χ0v) is 22.9. The standard InChI is InChI=1S/C28H34N4O6S/c1-28(2,29-18-25(33)19-5-3-6-22(16-19)30-39(37)38)11-14-32-23(10-13-31-12-4-7-26(31)34)17-21-15-20(27(35)36)8-9-24(21)32/h3,5-6,8-9,15-17,25,29,33H,4,7,10-14,18H2,1-2H3,(H,35,36). The second kappa shape index (κ2) is 12.1. The van der Waals surface area contributed by atoms with Gasteiger partial charge in [-0.1, -0.05) is 12.1 Å². The van der Waals surface area contributed by atoms with Crippen LogP contribution in [0.1, 0.15) is 60.8 Å². The number of carbonyl (C=O) groups excluding carboxylic acids is 1. The van der Waals surface area contributed by atoms with Gasteiger partial charge in [0.1, 0.15) is 0 Å². The Bertz CT molecular complexity index is 1500. The lowest BCUT2D eigenvalue weighted by Gasteiger charge is -2.29. The lowest BCUT2D eigenvalue weighted by molar-refractivity contribution is -0.127.